The normalized spacial score (nSPS) is 10.4. The summed E-state index contributed by atoms with van der Waals surface area (Å²) >= 11 is 0. The van der Waals surface area contributed by atoms with Crippen molar-refractivity contribution in [3.8, 4) is 0 Å². The molecule has 0 fully saturated rings. The van der Waals surface area contributed by atoms with Crippen LogP contribution in [0.3, 0.4) is 0 Å². The summed E-state index contributed by atoms with van der Waals surface area (Å²) in [4.78, 5) is 30.3. The summed E-state index contributed by atoms with van der Waals surface area (Å²) in [5.74, 6) is -3.53. The SMILES string of the molecule is C=CC(=O)O.O=C(O)/C=C(/C=Cc1ccccc1)C(=O)O. The molecule has 0 aliphatic rings. The molecule has 21 heavy (non-hydrogen) atoms. The number of hydrogen-bond donors (Lipinski definition) is 3. The smallest absolute Gasteiger partial charge is 0.335 e. The fourth-order valence-electron chi connectivity index (χ4n) is 1.06. The van der Waals surface area contributed by atoms with E-state index in [-0.39, 0.29) is 5.57 Å². The van der Waals surface area contributed by atoms with Crippen molar-refractivity contribution >= 4 is 24.0 Å². The third kappa shape index (κ3) is 9.43. The molecule has 0 heterocycles. The van der Waals surface area contributed by atoms with E-state index >= 15 is 0 Å². The number of aliphatic carboxylic acids is 3. The largest absolute Gasteiger partial charge is 0.478 e. The van der Waals surface area contributed by atoms with Crippen molar-refractivity contribution in [3.05, 3.63) is 66.3 Å². The minimum absolute atomic E-state index is 0.267. The Hall–Kier alpha value is -3.15. The van der Waals surface area contributed by atoms with Gasteiger partial charge < -0.3 is 15.3 Å². The molecule has 0 saturated heterocycles. The van der Waals surface area contributed by atoms with Crippen LogP contribution in [-0.2, 0) is 14.4 Å². The quantitative estimate of drug-likeness (QED) is 0.565. The lowest BCUT2D eigenvalue weighted by atomic mass is 10.1. The first-order chi connectivity index (χ1) is 9.86. The molecule has 1 aromatic carbocycles. The summed E-state index contributed by atoms with van der Waals surface area (Å²) in [7, 11) is 0. The average molecular weight is 290 g/mol. The predicted molar refractivity (Wildman–Crippen MR) is 76.7 cm³/mol. The summed E-state index contributed by atoms with van der Waals surface area (Å²) in [5.41, 5.74) is 0.538. The fourth-order valence-corrected chi connectivity index (χ4v) is 1.06. The first-order valence-electron chi connectivity index (χ1n) is 5.63. The number of carboxylic acids is 3. The second-order valence-corrected chi connectivity index (χ2v) is 3.53. The molecule has 0 saturated carbocycles. The Morgan fingerprint density at radius 1 is 0.952 bits per heavy atom. The molecule has 1 rings (SSSR count). The molecule has 3 N–H and O–H groups in total. The zero-order valence-electron chi connectivity index (χ0n) is 11.0. The van der Waals surface area contributed by atoms with Crippen LogP contribution in [0.25, 0.3) is 6.08 Å². The van der Waals surface area contributed by atoms with E-state index in [0.29, 0.717) is 6.08 Å². The highest BCUT2D eigenvalue weighted by atomic mass is 16.4. The van der Waals surface area contributed by atoms with Crippen molar-refractivity contribution in [3.63, 3.8) is 0 Å². The minimum Gasteiger partial charge on any atom is -0.478 e. The van der Waals surface area contributed by atoms with Crippen LogP contribution in [0.2, 0.25) is 0 Å². The van der Waals surface area contributed by atoms with E-state index in [2.05, 4.69) is 6.58 Å². The van der Waals surface area contributed by atoms with Gasteiger partial charge in [0.2, 0.25) is 0 Å². The van der Waals surface area contributed by atoms with Gasteiger partial charge in [-0.1, -0.05) is 43.0 Å². The molecule has 6 heteroatoms. The Bertz CT molecular complexity index is 569. The summed E-state index contributed by atoms with van der Waals surface area (Å²) < 4.78 is 0. The van der Waals surface area contributed by atoms with Crippen molar-refractivity contribution < 1.29 is 29.7 Å². The topological polar surface area (TPSA) is 112 Å². The lowest BCUT2D eigenvalue weighted by Crippen LogP contribution is -2.01. The van der Waals surface area contributed by atoms with Crippen molar-refractivity contribution in [1.29, 1.82) is 0 Å². The number of hydrogen-bond acceptors (Lipinski definition) is 3. The van der Waals surface area contributed by atoms with Gasteiger partial charge in [-0.05, 0) is 11.6 Å². The Balaban J connectivity index is 0.000000690. The third-order valence-corrected chi connectivity index (χ3v) is 1.96. The number of benzene rings is 1. The van der Waals surface area contributed by atoms with Crippen LogP contribution < -0.4 is 0 Å². The maximum atomic E-state index is 10.7. The molecule has 1 aromatic rings. The molecular weight excluding hydrogens is 276 g/mol. The van der Waals surface area contributed by atoms with Crippen LogP contribution in [0.1, 0.15) is 5.56 Å². The van der Waals surface area contributed by atoms with Crippen molar-refractivity contribution in [2.24, 2.45) is 0 Å². The van der Waals surface area contributed by atoms with E-state index in [9.17, 15) is 14.4 Å². The lowest BCUT2D eigenvalue weighted by molar-refractivity contribution is -0.134. The fraction of sp³-hybridized carbons (Fsp3) is 0. The van der Waals surface area contributed by atoms with Gasteiger partial charge in [0, 0.05) is 12.2 Å². The van der Waals surface area contributed by atoms with Gasteiger partial charge >= 0.3 is 17.9 Å². The number of rotatable bonds is 5. The average Bonchev–Trinajstić information content (AvgIpc) is 2.44. The first-order valence-corrected chi connectivity index (χ1v) is 5.63. The number of carbonyl (C=O) groups is 3. The molecule has 0 aromatic heterocycles. The summed E-state index contributed by atoms with van der Waals surface area (Å²) in [6.45, 7) is 2.96. The third-order valence-electron chi connectivity index (χ3n) is 1.96. The highest BCUT2D eigenvalue weighted by Crippen LogP contribution is 2.05. The number of carboxylic acid groups (broad SMARTS) is 3. The van der Waals surface area contributed by atoms with Crippen LogP contribution in [-0.4, -0.2) is 33.2 Å². The maximum Gasteiger partial charge on any atom is 0.335 e. The molecule has 6 nitrogen and oxygen atoms in total. The van der Waals surface area contributed by atoms with E-state index < -0.39 is 17.9 Å². The molecule has 0 aliphatic carbocycles. The lowest BCUT2D eigenvalue weighted by Gasteiger charge is -1.94. The van der Waals surface area contributed by atoms with Gasteiger partial charge in [0.25, 0.3) is 0 Å². The first kappa shape index (κ1) is 17.8. The summed E-state index contributed by atoms with van der Waals surface area (Å²) in [6, 6.07) is 9.03. The summed E-state index contributed by atoms with van der Waals surface area (Å²) in [5, 5.41) is 24.8. The van der Waals surface area contributed by atoms with Crippen LogP contribution >= 0.6 is 0 Å². The van der Waals surface area contributed by atoms with E-state index in [1.807, 2.05) is 6.07 Å². The maximum absolute atomic E-state index is 10.7. The van der Waals surface area contributed by atoms with Gasteiger partial charge in [-0.15, -0.1) is 0 Å². The van der Waals surface area contributed by atoms with E-state index in [1.54, 1.807) is 30.3 Å². The van der Waals surface area contributed by atoms with Gasteiger partial charge in [-0.25, -0.2) is 14.4 Å². The monoisotopic (exact) mass is 290 g/mol. The molecule has 0 spiro atoms. The van der Waals surface area contributed by atoms with Gasteiger partial charge in [0.05, 0.1) is 5.57 Å². The standard InChI is InChI=1S/C12H10O4.C3H4O2/c13-11(14)8-10(12(15)16)7-6-9-4-2-1-3-5-9;1-2-3(4)5/h1-8H,(H,13,14)(H,15,16);2H,1H2,(H,4,5)/b7-6?,10-8-;. The molecule has 110 valence electrons. The van der Waals surface area contributed by atoms with Crippen molar-refractivity contribution in [2.75, 3.05) is 0 Å². The van der Waals surface area contributed by atoms with Gasteiger partial charge in [-0.2, -0.15) is 0 Å². The van der Waals surface area contributed by atoms with Crippen LogP contribution in [0, 0.1) is 0 Å². The molecule has 0 atom stereocenters. The molecular formula is C15H14O6. The van der Waals surface area contributed by atoms with Crippen LogP contribution in [0.4, 0.5) is 0 Å². The minimum atomic E-state index is -1.28. The Morgan fingerprint density at radius 3 is 1.86 bits per heavy atom. The molecule has 0 bridgehead atoms. The second-order valence-electron chi connectivity index (χ2n) is 3.53. The Labute approximate surface area is 121 Å². The Morgan fingerprint density at radius 2 is 1.48 bits per heavy atom. The second kappa shape index (κ2) is 9.74. The van der Waals surface area contributed by atoms with Gasteiger partial charge in [-0.3, -0.25) is 0 Å². The Kier molecular flexibility index (Phi) is 8.28. The molecule has 0 unspecified atom stereocenters. The zero-order chi connectivity index (χ0) is 16.3. The van der Waals surface area contributed by atoms with Gasteiger partial charge in [0.1, 0.15) is 0 Å². The summed E-state index contributed by atoms with van der Waals surface area (Å²) in [6.07, 6.45) is 4.29. The van der Waals surface area contributed by atoms with Crippen molar-refractivity contribution in [2.45, 2.75) is 0 Å². The van der Waals surface area contributed by atoms with Gasteiger partial charge in [0.15, 0.2) is 0 Å². The molecule has 0 aliphatic heterocycles. The van der Waals surface area contributed by atoms with Crippen molar-refractivity contribution in [1.82, 2.24) is 0 Å². The highest BCUT2D eigenvalue weighted by molar-refractivity contribution is 5.97. The van der Waals surface area contributed by atoms with Crippen LogP contribution in [0.15, 0.2) is 60.7 Å². The van der Waals surface area contributed by atoms with E-state index in [4.69, 9.17) is 15.3 Å². The van der Waals surface area contributed by atoms with Crippen LogP contribution in [0.5, 0.6) is 0 Å². The molecule has 0 radical (unpaired) electrons. The molecule has 0 amide bonds. The van der Waals surface area contributed by atoms with E-state index in [0.717, 1.165) is 11.6 Å². The highest BCUT2D eigenvalue weighted by Gasteiger charge is 2.04. The van der Waals surface area contributed by atoms with E-state index in [1.165, 1.54) is 6.08 Å². The predicted octanol–water partition coefficient (Wildman–Crippen LogP) is 2.05. The zero-order valence-corrected chi connectivity index (χ0v) is 11.0.